The highest BCUT2D eigenvalue weighted by Gasteiger charge is 2.21. The molecule has 4 aliphatic rings. The van der Waals surface area contributed by atoms with Crippen LogP contribution in [0.5, 0.6) is 0 Å². The molecule has 0 saturated heterocycles. The summed E-state index contributed by atoms with van der Waals surface area (Å²) in [5.74, 6) is 0. The van der Waals surface area contributed by atoms with Crippen molar-refractivity contribution < 1.29 is 0 Å². The van der Waals surface area contributed by atoms with Crippen molar-refractivity contribution in [3.63, 3.8) is 0 Å². The second-order valence-corrected chi connectivity index (χ2v) is 20.5. The van der Waals surface area contributed by atoms with E-state index >= 15 is 0 Å². The maximum Gasteiger partial charge on any atom is 0.202 e. The molecule has 0 radical (unpaired) electrons. The molecule has 8 aromatic carbocycles. The highest BCUT2D eigenvalue weighted by Crippen LogP contribution is 2.42. The normalized spacial score (nSPS) is 15.0. The number of benzene rings is 8. The number of fused-ring (bicyclic) bond motifs is 5. The fourth-order valence-electron chi connectivity index (χ4n) is 12.1. The molecule has 0 aromatic heterocycles. The standard InChI is InChI=1S/C68H60N4/c1-70-68-54(25-19-48-22-34-60(35-23-48)72(63-38-28-51-12-4-8-16-57(51)44-63)64-39-29-52-13-5-9-17-58(52)45-64)31-40-65-66(68)41-30-53(67(65)46-69)24-18-47-20-32-59(33-21-47)71(61-36-26-49-10-2-6-14-55(49)42-61)62-37-27-50-11-3-7-15-56(50)43-62/h18-45H,2-17H2. The molecule has 0 saturated carbocycles. The highest BCUT2D eigenvalue weighted by atomic mass is 15.1. The Labute approximate surface area is 426 Å². The summed E-state index contributed by atoms with van der Waals surface area (Å²) >= 11 is 0. The number of hydrogen-bond donors (Lipinski definition) is 0. The SMILES string of the molecule is [C-]#[N+]c1c(C=Cc2ccc(N(c3ccc4c(c3)CCCC4)c3ccc4c(c3)CCCC4)cc2)ccc2c(C#N)c(C=Cc3ccc(N(c4ccc5c(c4)CCCC5)c4ccc5c(c4)CCCC5)cc3)ccc12. The van der Waals surface area contributed by atoms with Gasteiger partial charge >= 0.3 is 0 Å². The van der Waals surface area contributed by atoms with Crippen molar-refractivity contribution in [2.24, 2.45) is 0 Å². The van der Waals surface area contributed by atoms with E-state index in [4.69, 9.17) is 6.57 Å². The summed E-state index contributed by atoms with van der Waals surface area (Å²) in [4.78, 5) is 8.89. The van der Waals surface area contributed by atoms with E-state index in [2.05, 4.69) is 154 Å². The van der Waals surface area contributed by atoms with Crippen LogP contribution in [-0.4, -0.2) is 0 Å². The van der Waals surface area contributed by atoms with Crippen LogP contribution in [0.1, 0.15) is 124 Å². The lowest BCUT2D eigenvalue weighted by atomic mass is 9.90. The van der Waals surface area contributed by atoms with Gasteiger partial charge in [0.1, 0.15) is 6.07 Å². The largest absolute Gasteiger partial charge is 0.310 e. The molecule has 0 unspecified atom stereocenters. The highest BCUT2D eigenvalue weighted by molar-refractivity contribution is 6.03. The van der Waals surface area contributed by atoms with Crippen molar-refractivity contribution in [2.45, 2.75) is 103 Å². The topological polar surface area (TPSA) is 34.6 Å². The van der Waals surface area contributed by atoms with Crippen LogP contribution in [0.25, 0.3) is 39.9 Å². The molecular formula is C68H60N4. The Hall–Kier alpha value is -7.92. The first kappa shape index (κ1) is 45.2. The molecule has 0 spiro atoms. The fraction of sp³-hybridized carbons (Fsp3) is 0.235. The number of nitrogens with zero attached hydrogens (tertiary/aromatic N) is 4. The Balaban J connectivity index is 0.798. The van der Waals surface area contributed by atoms with Crippen LogP contribution in [0, 0.1) is 17.9 Å². The van der Waals surface area contributed by atoms with E-state index < -0.39 is 0 Å². The molecule has 0 bridgehead atoms. The summed E-state index contributed by atoms with van der Waals surface area (Å²) in [6, 6.07) is 56.3. The molecule has 0 amide bonds. The molecule has 0 aliphatic heterocycles. The average molecular weight is 933 g/mol. The maximum absolute atomic E-state index is 10.6. The molecule has 352 valence electrons. The van der Waals surface area contributed by atoms with Crippen LogP contribution in [0.4, 0.5) is 39.8 Å². The summed E-state index contributed by atoms with van der Waals surface area (Å²) in [6.45, 7) is 8.30. The third-order valence-electron chi connectivity index (χ3n) is 16.0. The fourth-order valence-corrected chi connectivity index (χ4v) is 12.1. The molecule has 8 aromatic rings. The zero-order chi connectivity index (χ0) is 48.4. The summed E-state index contributed by atoms with van der Waals surface area (Å²) in [5.41, 5.74) is 23.9. The second kappa shape index (κ2) is 20.1. The minimum atomic E-state index is 0.552. The van der Waals surface area contributed by atoms with Crippen LogP contribution in [-0.2, 0) is 51.4 Å². The number of aryl methyl sites for hydroxylation is 8. The van der Waals surface area contributed by atoms with Crippen molar-refractivity contribution >= 4 is 74.9 Å². The molecule has 0 atom stereocenters. The first-order valence-corrected chi connectivity index (χ1v) is 26.6. The lowest BCUT2D eigenvalue weighted by molar-refractivity contribution is 0.685. The number of nitriles is 1. The number of hydrogen-bond acceptors (Lipinski definition) is 3. The van der Waals surface area contributed by atoms with Gasteiger partial charge in [-0.05, 0) is 253 Å². The second-order valence-electron chi connectivity index (χ2n) is 20.5. The average Bonchev–Trinajstić information content (AvgIpc) is 3.44. The van der Waals surface area contributed by atoms with E-state index in [1.54, 1.807) is 0 Å². The number of rotatable bonds is 10. The van der Waals surface area contributed by atoms with Gasteiger partial charge in [-0.15, -0.1) is 0 Å². The first-order valence-electron chi connectivity index (χ1n) is 26.6. The molecule has 0 heterocycles. The molecule has 72 heavy (non-hydrogen) atoms. The Morgan fingerprint density at radius 3 is 1.07 bits per heavy atom. The molecule has 4 aliphatic carbocycles. The molecule has 4 heteroatoms. The van der Waals surface area contributed by atoms with Gasteiger partial charge in [-0.25, -0.2) is 4.85 Å². The number of anilines is 6. The van der Waals surface area contributed by atoms with E-state index in [1.807, 2.05) is 36.4 Å². The third kappa shape index (κ3) is 9.04. The Bertz CT molecular complexity index is 3150. The van der Waals surface area contributed by atoms with E-state index in [9.17, 15) is 5.26 Å². The van der Waals surface area contributed by atoms with Gasteiger partial charge in [0, 0.05) is 34.1 Å². The summed E-state index contributed by atoms with van der Waals surface area (Å²) in [7, 11) is 0. The van der Waals surface area contributed by atoms with Crippen LogP contribution < -0.4 is 9.80 Å². The van der Waals surface area contributed by atoms with E-state index in [0.29, 0.717) is 11.3 Å². The lowest BCUT2D eigenvalue weighted by Gasteiger charge is -2.29. The molecule has 4 nitrogen and oxygen atoms in total. The third-order valence-corrected chi connectivity index (χ3v) is 16.0. The summed E-state index contributed by atoms with van der Waals surface area (Å²) in [6.07, 6.45) is 27.6. The Morgan fingerprint density at radius 1 is 0.361 bits per heavy atom. The van der Waals surface area contributed by atoms with Gasteiger partial charge in [0.15, 0.2) is 0 Å². The lowest BCUT2D eigenvalue weighted by Crippen LogP contribution is -2.13. The van der Waals surface area contributed by atoms with Crippen molar-refractivity contribution in [3.8, 4) is 6.07 Å². The minimum Gasteiger partial charge on any atom is -0.310 e. The first-order chi connectivity index (χ1) is 35.6. The van der Waals surface area contributed by atoms with Crippen LogP contribution in [0.3, 0.4) is 0 Å². The van der Waals surface area contributed by atoms with Crippen LogP contribution in [0.2, 0.25) is 0 Å². The monoisotopic (exact) mass is 932 g/mol. The van der Waals surface area contributed by atoms with Gasteiger partial charge < -0.3 is 9.80 Å². The molecule has 0 fully saturated rings. The van der Waals surface area contributed by atoms with Gasteiger partial charge in [-0.1, -0.05) is 97.1 Å². The Morgan fingerprint density at radius 2 is 0.694 bits per heavy atom. The molecule has 0 N–H and O–H groups in total. The van der Waals surface area contributed by atoms with Crippen molar-refractivity contribution in [2.75, 3.05) is 9.80 Å². The predicted molar refractivity (Wildman–Crippen MR) is 302 cm³/mol. The zero-order valence-electron chi connectivity index (χ0n) is 41.3. The maximum atomic E-state index is 10.6. The van der Waals surface area contributed by atoms with Crippen molar-refractivity contribution in [1.82, 2.24) is 0 Å². The van der Waals surface area contributed by atoms with E-state index in [0.717, 1.165) is 70.1 Å². The summed E-state index contributed by atoms with van der Waals surface area (Å²) < 4.78 is 0. The zero-order valence-corrected chi connectivity index (χ0v) is 41.3. The molecular weight excluding hydrogens is 873 g/mol. The van der Waals surface area contributed by atoms with Crippen molar-refractivity contribution in [3.05, 3.63) is 229 Å². The smallest absolute Gasteiger partial charge is 0.202 e. The summed E-state index contributed by atoms with van der Waals surface area (Å²) in [5, 5.41) is 12.2. The van der Waals surface area contributed by atoms with Gasteiger partial charge in [-0.3, -0.25) is 0 Å². The van der Waals surface area contributed by atoms with Crippen molar-refractivity contribution in [1.29, 1.82) is 5.26 Å². The van der Waals surface area contributed by atoms with Gasteiger partial charge in [0.05, 0.1) is 12.1 Å². The van der Waals surface area contributed by atoms with Gasteiger partial charge in [-0.2, -0.15) is 5.26 Å². The quantitative estimate of drug-likeness (QED) is 0.101. The van der Waals surface area contributed by atoms with E-state index in [-0.39, 0.29) is 0 Å². The van der Waals surface area contributed by atoms with Gasteiger partial charge in [0.2, 0.25) is 5.69 Å². The van der Waals surface area contributed by atoms with E-state index in [1.165, 1.54) is 144 Å². The Kier molecular flexibility index (Phi) is 12.6. The van der Waals surface area contributed by atoms with Crippen LogP contribution >= 0.6 is 0 Å². The molecule has 12 rings (SSSR count). The minimum absolute atomic E-state index is 0.552. The van der Waals surface area contributed by atoms with Crippen LogP contribution in [0.15, 0.2) is 146 Å². The van der Waals surface area contributed by atoms with Gasteiger partial charge in [0.25, 0.3) is 0 Å². The predicted octanol–water partition coefficient (Wildman–Crippen LogP) is 18.1.